The third-order valence-corrected chi connectivity index (χ3v) is 3.34. The number of aryl methyl sites for hydroxylation is 1. The SMILES string of the molecule is Cc1[nH]c2ccccc2c1C(=O)C(=O)NC(C)COCC(F)(F)F. The maximum absolute atomic E-state index is 12.4. The summed E-state index contributed by atoms with van der Waals surface area (Å²) in [4.78, 5) is 27.4. The summed E-state index contributed by atoms with van der Waals surface area (Å²) < 4.78 is 40.5. The van der Waals surface area contributed by atoms with Crippen LogP contribution in [0.5, 0.6) is 0 Å². The van der Waals surface area contributed by atoms with Crippen LogP contribution in [0.15, 0.2) is 24.3 Å². The minimum atomic E-state index is -4.43. The lowest BCUT2D eigenvalue weighted by Gasteiger charge is -2.14. The van der Waals surface area contributed by atoms with Crippen LogP contribution in [0, 0.1) is 6.92 Å². The van der Waals surface area contributed by atoms with Crippen molar-refractivity contribution in [1.29, 1.82) is 0 Å². The van der Waals surface area contributed by atoms with Crippen LogP contribution in [0.25, 0.3) is 10.9 Å². The number of fused-ring (bicyclic) bond motifs is 1. The van der Waals surface area contributed by atoms with Crippen LogP contribution in [0.4, 0.5) is 13.2 Å². The number of alkyl halides is 3. The molecule has 0 fully saturated rings. The summed E-state index contributed by atoms with van der Waals surface area (Å²) in [5.74, 6) is -1.63. The van der Waals surface area contributed by atoms with Gasteiger partial charge in [-0.05, 0) is 19.9 Å². The first-order valence-electron chi connectivity index (χ1n) is 7.26. The molecular weight excluding hydrogens is 325 g/mol. The van der Waals surface area contributed by atoms with Gasteiger partial charge >= 0.3 is 6.18 Å². The lowest BCUT2D eigenvalue weighted by atomic mass is 10.1. The normalized spacial score (nSPS) is 13.0. The molecule has 0 saturated heterocycles. The van der Waals surface area contributed by atoms with Gasteiger partial charge in [-0.1, -0.05) is 18.2 Å². The summed E-state index contributed by atoms with van der Waals surface area (Å²) in [5.41, 5.74) is 1.54. The van der Waals surface area contributed by atoms with E-state index in [0.29, 0.717) is 11.1 Å². The molecule has 130 valence electrons. The van der Waals surface area contributed by atoms with Crippen LogP contribution in [0.1, 0.15) is 23.0 Å². The number of carbonyl (C=O) groups excluding carboxylic acids is 2. The summed E-state index contributed by atoms with van der Waals surface area (Å²) in [5, 5.41) is 2.97. The summed E-state index contributed by atoms with van der Waals surface area (Å²) in [7, 11) is 0. The molecule has 0 aliphatic carbocycles. The average Bonchev–Trinajstić information content (AvgIpc) is 2.80. The number of carbonyl (C=O) groups is 2. The number of rotatable bonds is 6. The van der Waals surface area contributed by atoms with Gasteiger partial charge in [-0.3, -0.25) is 9.59 Å². The Bertz CT molecular complexity index is 753. The first-order chi connectivity index (χ1) is 11.2. The van der Waals surface area contributed by atoms with Crippen molar-refractivity contribution in [2.24, 2.45) is 0 Å². The lowest BCUT2D eigenvalue weighted by molar-refractivity contribution is -0.175. The highest BCUT2D eigenvalue weighted by Gasteiger charge is 2.28. The van der Waals surface area contributed by atoms with E-state index in [2.05, 4.69) is 15.0 Å². The van der Waals surface area contributed by atoms with Crippen LogP contribution in [-0.2, 0) is 9.53 Å². The average molecular weight is 342 g/mol. The van der Waals surface area contributed by atoms with E-state index >= 15 is 0 Å². The van der Waals surface area contributed by atoms with Gasteiger partial charge < -0.3 is 15.0 Å². The molecule has 1 atom stereocenters. The second-order valence-corrected chi connectivity index (χ2v) is 5.50. The maximum atomic E-state index is 12.4. The van der Waals surface area contributed by atoms with Crippen LogP contribution in [0.2, 0.25) is 0 Å². The van der Waals surface area contributed by atoms with Crippen LogP contribution in [-0.4, -0.2) is 42.1 Å². The lowest BCUT2D eigenvalue weighted by Crippen LogP contribution is -2.40. The third-order valence-electron chi connectivity index (χ3n) is 3.34. The second-order valence-electron chi connectivity index (χ2n) is 5.50. The van der Waals surface area contributed by atoms with E-state index in [9.17, 15) is 22.8 Å². The number of benzene rings is 1. The van der Waals surface area contributed by atoms with Crippen LogP contribution >= 0.6 is 0 Å². The van der Waals surface area contributed by atoms with Crippen molar-refractivity contribution in [3.8, 4) is 0 Å². The second kappa shape index (κ2) is 7.04. The van der Waals surface area contributed by atoms with Gasteiger partial charge in [0.2, 0.25) is 0 Å². The van der Waals surface area contributed by atoms with E-state index in [1.54, 1.807) is 31.2 Å². The van der Waals surface area contributed by atoms with Gasteiger partial charge in [-0.15, -0.1) is 0 Å². The molecule has 8 heteroatoms. The number of para-hydroxylation sites is 1. The molecule has 1 aromatic heterocycles. The summed E-state index contributed by atoms with van der Waals surface area (Å²) >= 11 is 0. The number of aromatic amines is 1. The van der Waals surface area contributed by atoms with Gasteiger partial charge in [0.1, 0.15) is 6.61 Å². The van der Waals surface area contributed by atoms with Gasteiger partial charge in [-0.2, -0.15) is 13.2 Å². The molecule has 24 heavy (non-hydrogen) atoms. The molecule has 2 aromatic rings. The van der Waals surface area contributed by atoms with Gasteiger partial charge in [0.05, 0.1) is 12.2 Å². The van der Waals surface area contributed by atoms with E-state index in [1.807, 2.05) is 0 Å². The zero-order chi connectivity index (χ0) is 17.9. The Morgan fingerprint density at radius 1 is 1.29 bits per heavy atom. The van der Waals surface area contributed by atoms with Gasteiger partial charge in [0, 0.05) is 22.6 Å². The largest absolute Gasteiger partial charge is 0.411 e. The van der Waals surface area contributed by atoms with Crippen molar-refractivity contribution in [1.82, 2.24) is 10.3 Å². The number of H-pyrrole nitrogens is 1. The molecule has 1 unspecified atom stereocenters. The Morgan fingerprint density at radius 3 is 2.62 bits per heavy atom. The molecule has 1 heterocycles. The Labute approximate surface area is 136 Å². The molecular formula is C16H17F3N2O3. The fraction of sp³-hybridized carbons (Fsp3) is 0.375. The van der Waals surface area contributed by atoms with E-state index in [4.69, 9.17) is 0 Å². The Morgan fingerprint density at radius 2 is 1.96 bits per heavy atom. The summed E-state index contributed by atoms with van der Waals surface area (Å²) in [6.07, 6.45) is -4.43. The summed E-state index contributed by atoms with van der Waals surface area (Å²) in [6.45, 7) is 1.40. The van der Waals surface area contributed by atoms with Crippen molar-refractivity contribution < 1.29 is 27.5 Å². The molecule has 0 aliphatic heterocycles. The number of halogens is 3. The van der Waals surface area contributed by atoms with E-state index in [1.165, 1.54) is 6.92 Å². The molecule has 1 aromatic carbocycles. The predicted octanol–water partition coefficient (Wildman–Crippen LogP) is 2.74. The van der Waals surface area contributed by atoms with Gasteiger partial charge in [0.25, 0.3) is 11.7 Å². The number of amides is 1. The topological polar surface area (TPSA) is 71.2 Å². The molecule has 0 saturated carbocycles. The van der Waals surface area contributed by atoms with Crippen molar-refractivity contribution in [2.75, 3.05) is 13.2 Å². The number of hydrogen-bond acceptors (Lipinski definition) is 3. The third kappa shape index (κ3) is 4.35. The molecule has 1 amide bonds. The van der Waals surface area contributed by atoms with E-state index in [-0.39, 0.29) is 12.2 Å². The standard InChI is InChI=1S/C16H17F3N2O3/c1-9(7-24-8-16(17,18)19)20-15(23)14(22)13-10(2)21-12-6-4-3-5-11(12)13/h3-6,9,21H,7-8H2,1-2H3,(H,20,23). The van der Waals surface area contributed by atoms with E-state index in [0.717, 1.165) is 5.52 Å². The molecule has 2 N–H and O–H groups in total. The van der Waals surface area contributed by atoms with Crippen molar-refractivity contribution in [2.45, 2.75) is 26.1 Å². The molecule has 0 aliphatic rings. The van der Waals surface area contributed by atoms with Crippen LogP contribution < -0.4 is 5.32 Å². The van der Waals surface area contributed by atoms with Gasteiger partial charge in [-0.25, -0.2) is 0 Å². The van der Waals surface area contributed by atoms with Crippen LogP contribution in [0.3, 0.4) is 0 Å². The fourth-order valence-corrected chi connectivity index (χ4v) is 2.37. The zero-order valence-electron chi connectivity index (χ0n) is 13.2. The number of hydrogen-bond donors (Lipinski definition) is 2. The number of aromatic nitrogens is 1. The quantitative estimate of drug-likeness (QED) is 0.626. The highest BCUT2D eigenvalue weighted by molar-refractivity contribution is 6.45. The van der Waals surface area contributed by atoms with Gasteiger partial charge in [0.15, 0.2) is 0 Å². The Hall–Kier alpha value is -2.35. The highest BCUT2D eigenvalue weighted by atomic mass is 19.4. The predicted molar refractivity (Wildman–Crippen MR) is 81.8 cm³/mol. The molecule has 0 spiro atoms. The zero-order valence-corrected chi connectivity index (χ0v) is 13.2. The Balaban J connectivity index is 2.01. The molecule has 0 bridgehead atoms. The smallest absolute Gasteiger partial charge is 0.370 e. The van der Waals surface area contributed by atoms with E-state index < -0.39 is 30.5 Å². The first kappa shape index (κ1) is 18.0. The Kier molecular flexibility index (Phi) is 5.28. The fourth-order valence-electron chi connectivity index (χ4n) is 2.37. The van der Waals surface area contributed by atoms with Crippen molar-refractivity contribution in [3.63, 3.8) is 0 Å². The van der Waals surface area contributed by atoms with Crippen molar-refractivity contribution in [3.05, 3.63) is 35.5 Å². The molecule has 0 radical (unpaired) electrons. The number of nitrogens with one attached hydrogen (secondary N) is 2. The number of Topliss-reactive ketones (excluding diaryl/α,β-unsaturated/α-hetero) is 1. The first-order valence-corrected chi connectivity index (χ1v) is 7.26. The minimum Gasteiger partial charge on any atom is -0.370 e. The maximum Gasteiger partial charge on any atom is 0.411 e. The number of ether oxygens (including phenoxy) is 1. The minimum absolute atomic E-state index is 0.256. The monoisotopic (exact) mass is 342 g/mol. The number of ketones is 1. The highest BCUT2D eigenvalue weighted by Crippen LogP contribution is 2.22. The summed E-state index contributed by atoms with van der Waals surface area (Å²) in [6, 6.07) is 6.32. The molecule has 2 rings (SSSR count). The molecule has 5 nitrogen and oxygen atoms in total. The van der Waals surface area contributed by atoms with Crippen molar-refractivity contribution >= 4 is 22.6 Å².